The molecule has 0 spiro atoms. The Kier molecular flexibility index (Phi) is 9.04. The van der Waals surface area contributed by atoms with Crippen LogP contribution in [0.25, 0.3) is 0 Å². The predicted octanol–water partition coefficient (Wildman–Crippen LogP) is 4.07. The number of hydrogen-bond donors (Lipinski definition) is 2. The monoisotopic (exact) mass is 464 g/mol. The van der Waals surface area contributed by atoms with Gasteiger partial charge in [-0.3, -0.25) is 4.79 Å². The Morgan fingerprint density at radius 3 is 2.30 bits per heavy atom. The number of hydrogen-bond acceptors (Lipinski definition) is 5. The van der Waals surface area contributed by atoms with Gasteiger partial charge < -0.3 is 20.9 Å². The summed E-state index contributed by atoms with van der Waals surface area (Å²) in [6.07, 6.45) is 1.09. The highest BCUT2D eigenvalue weighted by Crippen LogP contribution is 2.19. The fourth-order valence-electron chi connectivity index (χ4n) is 3.41. The maximum atomic E-state index is 12.9. The smallest absolute Gasteiger partial charge is 0.317 e. The summed E-state index contributed by atoms with van der Waals surface area (Å²) >= 11 is 1.50. The van der Waals surface area contributed by atoms with Crippen molar-refractivity contribution in [3.63, 3.8) is 0 Å². The van der Waals surface area contributed by atoms with E-state index < -0.39 is 0 Å². The predicted molar refractivity (Wildman–Crippen MR) is 136 cm³/mol. The molecule has 0 aliphatic heterocycles. The number of benzene rings is 2. The second kappa shape index (κ2) is 12.2. The van der Waals surface area contributed by atoms with Gasteiger partial charge in [0.2, 0.25) is 0 Å². The van der Waals surface area contributed by atoms with E-state index in [1.54, 1.807) is 0 Å². The Bertz CT molecular complexity index is 1030. The van der Waals surface area contributed by atoms with Crippen molar-refractivity contribution in [1.82, 2.24) is 15.1 Å². The van der Waals surface area contributed by atoms with Crippen molar-refractivity contribution in [3.8, 4) is 0 Å². The van der Waals surface area contributed by atoms with E-state index >= 15 is 0 Å². The van der Waals surface area contributed by atoms with Crippen LogP contribution in [-0.4, -0.2) is 55.3 Å². The molecular weight excluding hydrogens is 432 g/mol. The second-order valence-corrected chi connectivity index (χ2v) is 9.09. The molecule has 2 aromatic carbocycles. The van der Waals surface area contributed by atoms with Crippen molar-refractivity contribution in [2.24, 2.45) is 0 Å². The van der Waals surface area contributed by atoms with Crippen LogP contribution >= 0.6 is 11.3 Å². The SMILES string of the molecule is CN(C)CCN(Cc1ccc(C(=O)Cc2cscc2N)cc1)C(=O)NCCc1ccccc1. The summed E-state index contributed by atoms with van der Waals surface area (Å²) < 4.78 is 0. The van der Waals surface area contributed by atoms with Gasteiger partial charge >= 0.3 is 6.03 Å². The van der Waals surface area contributed by atoms with Gasteiger partial charge in [-0.2, -0.15) is 0 Å². The Hall–Kier alpha value is -3.16. The van der Waals surface area contributed by atoms with E-state index in [0.717, 1.165) is 24.1 Å². The van der Waals surface area contributed by atoms with Crippen LogP contribution in [-0.2, 0) is 19.4 Å². The number of nitrogens with two attached hydrogens (primary N) is 1. The van der Waals surface area contributed by atoms with Crippen LogP contribution in [0.3, 0.4) is 0 Å². The first-order valence-corrected chi connectivity index (χ1v) is 12.0. The number of carbonyl (C=O) groups is 2. The number of rotatable bonds is 11. The van der Waals surface area contributed by atoms with E-state index in [1.807, 2.05) is 72.2 Å². The number of likely N-dealkylation sites (N-methyl/N-ethyl adjacent to an activating group) is 1. The number of amides is 2. The van der Waals surface area contributed by atoms with E-state index in [9.17, 15) is 9.59 Å². The quantitative estimate of drug-likeness (QED) is 0.419. The van der Waals surface area contributed by atoms with Crippen LogP contribution in [0, 0.1) is 0 Å². The van der Waals surface area contributed by atoms with Crippen molar-refractivity contribution in [2.75, 3.05) is 39.5 Å². The third kappa shape index (κ3) is 7.73. The van der Waals surface area contributed by atoms with Crippen LogP contribution < -0.4 is 11.1 Å². The molecule has 2 amide bonds. The molecule has 174 valence electrons. The van der Waals surface area contributed by atoms with E-state index in [4.69, 9.17) is 5.73 Å². The van der Waals surface area contributed by atoms with Crippen molar-refractivity contribution in [2.45, 2.75) is 19.4 Å². The zero-order valence-corrected chi connectivity index (χ0v) is 20.1. The van der Waals surface area contributed by atoms with E-state index in [0.29, 0.717) is 37.3 Å². The topological polar surface area (TPSA) is 78.7 Å². The molecule has 3 rings (SSSR count). The van der Waals surface area contributed by atoms with Gasteiger partial charge in [0.25, 0.3) is 0 Å². The minimum Gasteiger partial charge on any atom is -0.398 e. The first kappa shape index (κ1) is 24.5. The Morgan fingerprint density at radius 1 is 0.939 bits per heavy atom. The highest BCUT2D eigenvalue weighted by molar-refractivity contribution is 7.08. The van der Waals surface area contributed by atoms with Gasteiger partial charge in [-0.05, 0) is 42.6 Å². The van der Waals surface area contributed by atoms with Gasteiger partial charge in [0.05, 0.1) is 0 Å². The molecule has 0 unspecified atom stereocenters. The van der Waals surface area contributed by atoms with E-state index in [1.165, 1.54) is 16.9 Å². The summed E-state index contributed by atoms with van der Waals surface area (Å²) in [6, 6.07) is 17.5. The number of nitrogen functional groups attached to an aromatic ring is 1. The highest BCUT2D eigenvalue weighted by Gasteiger charge is 2.15. The lowest BCUT2D eigenvalue weighted by molar-refractivity contribution is 0.0993. The Morgan fingerprint density at radius 2 is 1.67 bits per heavy atom. The molecule has 0 bridgehead atoms. The normalized spacial score (nSPS) is 10.9. The third-order valence-electron chi connectivity index (χ3n) is 5.41. The van der Waals surface area contributed by atoms with Crippen LogP contribution in [0.1, 0.15) is 27.0 Å². The van der Waals surface area contributed by atoms with Crippen molar-refractivity contribution in [1.29, 1.82) is 0 Å². The zero-order chi connectivity index (χ0) is 23.6. The molecule has 0 fully saturated rings. The number of urea groups is 1. The number of ketones is 1. The number of nitrogens with zero attached hydrogens (tertiary/aromatic N) is 2. The standard InChI is InChI=1S/C26H32N4O2S/c1-29(2)14-15-30(26(32)28-13-12-20-6-4-3-5-7-20)17-21-8-10-22(11-9-21)25(31)16-23-18-33-19-24(23)27/h3-11,18-19H,12-17,27H2,1-2H3,(H,28,32). The average molecular weight is 465 g/mol. The van der Waals surface area contributed by atoms with Crippen LogP contribution in [0.2, 0.25) is 0 Å². The summed E-state index contributed by atoms with van der Waals surface area (Å²) in [6.45, 7) is 2.45. The first-order valence-electron chi connectivity index (χ1n) is 11.1. The molecule has 1 heterocycles. The first-order chi connectivity index (χ1) is 15.9. The van der Waals surface area contributed by atoms with E-state index in [2.05, 4.69) is 22.3 Å². The van der Waals surface area contributed by atoms with Gasteiger partial charge in [-0.15, -0.1) is 11.3 Å². The number of carbonyl (C=O) groups excluding carboxylic acids is 2. The molecule has 3 aromatic rings. The molecule has 6 nitrogen and oxygen atoms in total. The molecule has 3 N–H and O–H groups in total. The molecule has 0 aliphatic rings. The fraction of sp³-hybridized carbons (Fsp3) is 0.308. The fourth-order valence-corrected chi connectivity index (χ4v) is 4.16. The summed E-state index contributed by atoms with van der Waals surface area (Å²) in [5, 5.41) is 6.80. The lowest BCUT2D eigenvalue weighted by atomic mass is 10.0. The van der Waals surface area contributed by atoms with Crippen molar-refractivity contribution < 1.29 is 9.59 Å². The number of thiophene rings is 1. The minimum absolute atomic E-state index is 0.0368. The lowest BCUT2D eigenvalue weighted by Gasteiger charge is -2.25. The summed E-state index contributed by atoms with van der Waals surface area (Å²) in [7, 11) is 3.98. The second-order valence-electron chi connectivity index (χ2n) is 8.34. The van der Waals surface area contributed by atoms with Crippen LogP contribution in [0.4, 0.5) is 10.5 Å². The van der Waals surface area contributed by atoms with E-state index in [-0.39, 0.29) is 11.8 Å². The van der Waals surface area contributed by atoms with Crippen molar-refractivity contribution in [3.05, 3.63) is 87.6 Å². The summed E-state index contributed by atoms with van der Waals surface area (Å²) in [5.41, 5.74) is 10.3. The number of nitrogens with one attached hydrogen (secondary N) is 1. The maximum Gasteiger partial charge on any atom is 0.317 e. The lowest BCUT2D eigenvalue weighted by Crippen LogP contribution is -2.43. The molecule has 0 aliphatic carbocycles. The van der Waals surface area contributed by atoms with Gasteiger partial charge in [-0.1, -0.05) is 54.6 Å². The molecule has 0 saturated heterocycles. The van der Waals surface area contributed by atoms with Crippen LogP contribution in [0.15, 0.2) is 65.4 Å². The number of anilines is 1. The molecule has 0 radical (unpaired) electrons. The summed E-state index contributed by atoms with van der Waals surface area (Å²) in [5.74, 6) is 0.0368. The molecule has 1 aromatic heterocycles. The zero-order valence-electron chi connectivity index (χ0n) is 19.3. The summed E-state index contributed by atoms with van der Waals surface area (Å²) in [4.78, 5) is 29.3. The van der Waals surface area contributed by atoms with Gasteiger partial charge in [0.15, 0.2) is 5.78 Å². The van der Waals surface area contributed by atoms with Gasteiger partial charge in [0.1, 0.15) is 0 Å². The molecule has 7 heteroatoms. The molecule has 0 saturated carbocycles. The average Bonchev–Trinajstić information content (AvgIpc) is 3.21. The highest BCUT2D eigenvalue weighted by atomic mass is 32.1. The number of Topliss-reactive ketones (excluding diaryl/α,β-unsaturated/α-hetero) is 1. The minimum atomic E-state index is -0.0825. The largest absolute Gasteiger partial charge is 0.398 e. The van der Waals surface area contributed by atoms with Crippen LogP contribution in [0.5, 0.6) is 0 Å². The van der Waals surface area contributed by atoms with Crippen molar-refractivity contribution >= 4 is 28.8 Å². The maximum absolute atomic E-state index is 12.9. The molecule has 0 atom stereocenters. The molecular formula is C26H32N4O2S. The molecule has 33 heavy (non-hydrogen) atoms. The Labute approximate surface area is 200 Å². The Balaban J connectivity index is 1.58. The third-order valence-corrected chi connectivity index (χ3v) is 6.22. The van der Waals surface area contributed by atoms with Gasteiger partial charge in [0, 0.05) is 49.2 Å². The van der Waals surface area contributed by atoms with Gasteiger partial charge in [-0.25, -0.2) is 4.79 Å².